The topological polar surface area (TPSA) is 29.1 Å². The fraction of sp³-hybridized carbons (Fsp3) is 0.500. The molecule has 0 radical (unpaired) electrons. The monoisotopic (exact) mass is 313 g/mol. The zero-order chi connectivity index (χ0) is 13.0. The van der Waals surface area contributed by atoms with Gasteiger partial charge in [-0.2, -0.15) is 0 Å². The van der Waals surface area contributed by atoms with Crippen LogP contribution in [0.15, 0.2) is 22.7 Å². The molecule has 0 aliphatic heterocycles. The Labute approximate surface area is 115 Å². The first-order valence-electron chi connectivity index (χ1n) is 6.40. The average molecular weight is 314 g/mol. The predicted octanol–water partition coefficient (Wildman–Crippen LogP) is 3.90. The molecule has 18 heavy (non-hydrogen) atoms. The van der Waals surface area contributed by atoms with Crippen molar-refractivity contribution in [3.8, 4) is 0 Å². The van der Waals surface area contributed by atoms with Gasteiger partial charge in [0.05, 0.1) is 4.47 Å². The molecule has 0 unspecified atom stereocenters. The standard InChI is InChI=1S/C14H17BrFNO/c15-12-9-11(5-6-13(12)16)14(18)17-8-7-10-3-1-2-4-10/h5-6,9-10H,1-4,7-8H2,(H,17,18). The second-order valence-electron chi connectivity index (χ2n) is 4.82. The Hall–Kier alpha value is -0.900. The summed E-state index contributed by atoms with van der Waals surface area (Å²) in [4.78, 5) is 11.8. The Bertz CT molecular complexity index is 430. The molecule has 1 N–H and O–H groups in total. The van der Waals surface area contributed by atoms with E-state index in [2.05, 4.69) is 21.2 Å². The Morgan fingerprint density at radius 1 is 1.39 bits per heavy atom. The van der Waals surface area contributed by atoms with Gasteiger partial charge in [-0.15, -0.1) is 0 Å². The van der Waals surface area contributed by atoms with Crippen molar-refractivity contribution in [3.05, 3.63) is 34.1 Å². The van der Waals surface area contributed by atoms with Crippen LogP contribution < -0.4 is 5.32 Å². The molecule has 1 aliphatic carbocycles. The fourth-order valence-corrected chi connectivity index (χ4v) is 2.81. The highest BCUT2D eigenvalue weighted by Crippen LogP contribution is 2.26. The maximum Gasteiger partial charge on any atom is 0.251 e. The molecule has 4 heteroatoms. The van der Waals surface area contributed by atoms with E-state index in [1.54, 1.807) is 0 Å². The zero-order valence-corrected chi connectivity index (χ0v) is 11.8. The maximum absolute atomic E-state index is 13.0. The summed E-state index contributed by atoms with van der Waals surface area (Å²) in [6.07, 6.45) is 6.27. The zero-order valence-electron chi connectivity index (χ0n) is 10.2. The van der Waals surface area contributed by atoms with Crippen LogP contribution in [0.5, 0.6) is 0 Å². The van der Waals surface area contributed by atoms with E-state index >= 15 is 0 Å². The molecule has 0 aromatic heterocycles. The van der Waals surface area contributed by atoms with Crippen molar-refractivity contribution in [2.24, 2.45) is 5.92 Å². The van der Waals surface area contributed by atoms with Crippen molar-refractivity contribution in [3.63, 3.8) is 0 Å². The number of carbonyl (C=O) groups excluding carboxylic acids is 1. The summed E-state index contributed by atoms with van der Waals surface area (Å²) in [6, 6.07) is 4.32. The Kier molecular flexibility index (Phi) is 4.75. The van der Waals surface area contributed by atoms with E-state index in [0.29, 0.717) is 16.6 Å². The van der Waals surface area contributed by atoms with Gasteiger partial charge in [0.25, 0.3) is 5.91 Å². The van der Waals surface area contributed by atoms with E-state index < -0.39 is 0 Å². The molecule has 1 saturated carbocycles. The average Bonchev–Trinajstić information content (AvgIpc) is 2.85. The van der Waals surface area contributed by atoms with Gasteiger partial charge in [0, 0.05) is 12.1 Å². The number of benzene rings is 1. The molecule has 0 saturated heterocycles. The molecular weight excluding hydrogens is 297 g/mol. The van der Waals surface area contributed by atoms with Crippen LogP contribution in [-0.4, -0.2) is 12.5 Å². The number of hydrogen-bond donors (Lipinski definition) is 1. The third-order valence-corrected chi connectivity index (χ3v) is 4.10. The van der Waals surface area contributed by atoms with Gasteiger partial charge in [-0.05, 0) is 46.5 Å². The predicted molar refractivity (Wildman–Crippen MR) is 73.0 cm³/mol. The van der Waals surface area contributed by atoms with Crippen LogP contribution >= 0.6 is 15.9 Å². The van der Waals surface area contributed by atoms with E-state index in [1.807, 2.05) is 0 Å². The number of nitrogens with one attached hydrogen (secondary N) is 1. The minimum atomic E-state index is -0.350. The lowest BCUT2D eigenvalue weighted by molar-refractivity contribution is 0.0951. The van der Waals surface area contributed by atoms with Crippen molar-refractivity contribution in [2.45, 2.75) is 32.1 Å². The Balaban J connectivity index is 1.81. The number of halogens is 2. The van der Waals surface area contributed by atoms with E-state index in [0.717, 1.165) is 12.3 Å². The first-order valence-corrected chi connectivity index (χ1v) is 7.19. The van der Waals surface area contributed by atoms with Gasteiger partial charge in [-0.25, -0.2) is 4.39 Å². The van der Waals surface area contributed by atoms with Crippen LogP contribution in [-0.2, 0) is 0 Å². The molecule has 1 aromatic carbocycles. The van der Waals surface area contributed by atoms with Crippen molar-refractivity contribution in [1.29, 1.82) is 0 Å². The largest absolute Gasteiger partial charge is 0.352 e. The number of amides is 1. The van der Waals surface area contributed by atoms with Gasteiger partial charge in [-0.3, -0.25) is 4.79 Å². The first-order chi connectivity index (χ1) is 8.66. The minimum absolute atomic E-state index is 0.131. The Morgan fingerprint density at radius 2 is 2.11 bits per heavy atom. The number of rotatable bonds is 4. The van der Waals surface area contributed by atoms with Gasteiger partial charge in [-0.1, -0.05) is 25.7 Å². The maximum atomic E-state index is 13.0. The molecule has 0 heterocycles. The molecule has 1 fully saturated rings. The molecule has 2 nitrogen and oxygen atoms in total. The molecular formula is C14H17BrFNO. The van der Waals surface area contributed by atoms with Gasteiger partial charge < -0.3 is 5.32 Å². The van der Waals surface area contributed by atoms with Crippen molar-refractivity contribution < 1.29 is 9.18 Å². The highest BCUT2D eigenvalue weighted by atomic mass is 79.9. The fourth-order valence-electron chi connectivity index (χ4n) is 2.43. The quantitative estimate of drug-likeness (QED) is 0.897. The van der Waals surface area contributed by atoms with E-state index in [9.17, 15) is 9.18 Å². The summed E-state index contributed by atoms with van der Waals surface area (Å²) in [5, 5.41) is 2.89. The molecule has 1 aromatic rings. The van der Waals surface area contributed by atoms with Crippen LogP contribution in [0.4, 0.5) is 4.39 Å². The highest BCUT2D eigenvalue weighted by molar-refractivity contribution is 9.10. The molecule has 0 bridgehead atoms. The summed E-state index contributed by atoms with van der Waals surface area (Å²) >= 11 is 3.08. The van der Waals surface area contributed by atoms with Gasteiger partial charge in [0.15, 0.2) is 0 Å². The SMILES string of the molecule is O=C(NCCC1CCCC1)c1ccc(F)c(Br)c1. The lowest BCUT2D eigenvalue weighted by atomic mass is 10.0. The molecule has 2 rings (SSSR count). The lowest BCUT2D eigenvalue weighted by Gasteiger charge is -2.10. The highest BCUT2D eigenvalue weighted by Gasteiger charge is 2.15. The summed E-state index contributed by atoms with van der Waals surface area (Å²) in [5.41, 5.74) is 0.495. The summed E-state index contributed by atoms with van der Waals surface area (Å²) < 4.78 is 13.4. The van der Waals surface area contributed by atoms with Crippen molar-refractivity contribution in [2.75, 3.05) is 6.54 Å². The van der Waals surface area contributed by atoms with Crippen LogP contribution in [0.1, 0.15) is 42.5 Å². The first kappa shape index (κ1) is 13.5. The van der Waals surface area contributed by atoms with Crippen LogP contribution in [0.2, 0.25) is 0 Å². The van der Waals surface area contributed by atoms with Crippen LogP contribution in [0.25, 0.3) is 0 Å². The van der Waals surface area contributed by atoms with Crippen molar-refractivity contribution >= 4 is 21.8 Å². The smallest absolute Gasteiger partial charge is 0.251 e. The van der Waals surface area contributed by atoms with Crippen LogP contribution in [0.3, 0.4) is 0 Å². The normalized spacial score (nSPS) is 15.9. The van der Waals surface area contributed by atoms with Crippen LogP contribution in [0, 0.1) is 11.7 Å². The minimum Gasteiger partial charge on any atom is -0.352 e. The lowest BCUT2D eigenvalue weighted by Crippen LogP contribution is -2.25. The second kappa shape index (κ2) is 6.32. The van der Waals surface area contributed by atoms with Gasteiger partial charge >= 0.3 is 0 Å². The van der Waals surface area contributed by atoms with Crippen molar-refractivity contribution in [1.82, 2.24) is 5.32 Å². The molecule has 98 valence electrons. The second-order valence-corrected chi connectivity index (χ2v) is 5.68. The third kappa shape index (κ3) is 3.55. The number of hydrogen-bond acceptors (Lipinski definition) is 1. The summed E-state index contributed by atoms with van der Waals surface area (Å²) in [7, 11) is 0. The van der Waals surface area contributed by atoms with E-state index in [1.165, 1.54) is 43.9 Å². The number of carbonyl (C=O) groups is 1. The molecule has 1 amide bonds. The van der Waals surface area contributed by atoms with E-state index in [4.69, 9.17) is 0 Å². The van der Waals surface area contributed by atoms with Gasteiger partial charge in [0.2, 0.25) is 0 Å². The molecule has 0 spiro atoms. The molecule has 0 atom stereocenters. The van der Waals surface area contributed by atoms with E-state index in [-0.39, 0.29) is 11.7 Å². The van der Waals surface area contributed by atoms with Gasteiger partial charge in [0.1, 0.15) is 5.82 Å². The summed E-state index contributed by atoms with van der Waals surface area (Å²) in [5.74, 6) is 0.288. The Morgan fingerprint density at radius 3 is 2.78 bits per heavy atom. The third-order valence-electron chi connectivity index (χ3n) is 3.49. The molecule has 1 aliphatic rings. The summed E-state index contributed by atoms with van der Waals surface area (Å²) in [6.45, 7) is 0.707.